The molecule has 0 unspecified atom stereocenters. The van der Waals surface area contributed by atoms with Crippen LogP contribution in [0, 0.1) is 12.8 Å². The van der Waals surface area contributed by atoms with Gasteiger partial charge < -0.3 is 10.2 Å². The van der Waals surface area contributed by atoms with Gasteiger partial charge in [-0.05, 0) is 57.0 Å². The third-order valence-electron chi connectivity index (χ3n) is 4.04. The van der Waals surface area contributed by atoms with Crippen molar-refractivity contribution in [1.82, 2.24) is 10.2 Å². The minimum Gasteiger partial charge on any atom is -0.338 e. The standard InChI is InChI=1S/C15H23N3O3S/c1-11-5-6-13(8-14(11)22(16,20)21)15(19)18-7-3-4-12(10-18)9-17-2/h5-6,8,12,17H,3-4,7,9-10H2,1-2H3,(H2,16,20,21)/t12-/m0/s1. The van der Waals surface area contributed by atoms with Gasteiger partial charge in [0.15, 0.2) is 0 Å². The Bertz CT molecular complexity index is 656. The molecule has 1 amide bonds. The molecule has 1 atom stereocenters. The van der Waals surface area contributed by atoms with E-state index in [2.05, 4.69) is 5.32 Å². The number of carbonyl (C=O) groups excluding carboxylic acids is 1. The highest BCUT2D eigenvalue weighted by Gasteiger charge is 2.25. The Balaban J connectivity index is 2.23. The highest BCUT2D eigenvalue weighted by Crippen LogP contribution is 2.21. The molecule has 122 valence electrons. The van der Waals surface area contributed by atoms with Crippen LogP contribution in [0.2, 0.25) is 0 Å². The summed E-state index contributed by atoms with van der Waals surface area (Å²) in [6.07, 6.45) is 2.06. The van der Waals surface area contributed by atoms with Crippen molar-refractivity contribution in [3.8, 4) is 0 Å². The van der Waals surface area contributed by atoms with Gasteiger partial charge in [0.1, 0.15) is 0 Å². The minimum absolute atomic E-state index is 0.0159. The third kappa shape index (κ3) is 3.85. The molecule has 0 aromatic heterocycles. The van der Waals surface area contributed by atoms with E-state index in [9.17, 15) is 13.2 Å². The van der Waals surface area contributed by atoms with Gasteiger partial charge in [-0.1, -0.05) is 6.07 Å². The molecule has 7 heteroatoms. The number of nitrogens with zero attached hydrogens (tertiary/aromatic N) is 1. The summed E-state index contributed by atoms with van der Waals surface area (Å²) in [7, 11) is -1.92. The van der Waals surface area contributed by atoms with Crippen LogP contribution in [0.25, 0.3) is 0 Å². The molecular weight excluding hydrogens is 302 g/mol. The summed E-state index contributed by atoms with van der Waals surface area (Å²) in [4.78, 5) is 14.4. The van der Waals surface area contributed by atoms with E-state index < -0.39 is 10.0 Å². The van der Waals surface area contributed by atoms with Crippen LogP contribution >= 0.6 is 0 Å². The molecule has 0 bridgehead atoms. The van der Waals surface area contributed by atoms with Crippen LogP contribution in [-0.4, -0.2) is 45.9 Å². The van der Waals surface area contributed by atoms with E-state index in [4.69, 9.17) is 5.14 Å². The Labute approximate surface area is 131 Å². The van der Waals surface area contributed by atoms with E-state index in [1.54, 1.807) is 24.0 Å². The number of sulfonamides is 1. The van der Waals surface area contributed by atoms with E-state index in [1.165, 1.54) is 6.07 Å². The lowest BCUT2D eigenvalue weighted by atomic mass is 9.97. The normalized spacial score (nSPS) is 19.2. The fourth-order valence-electron chi connectivity index (χ4n) is 2.93. The van der Waals surface area contributed by atoms with Crippen molar-refractivity contribution in [3.05, 3.63) is 29.3 Å². The summed E-state index contributed by atoms with van der Waals surface area (Å²) in [5, 5.41) is 8.35. The van der Waals surface area contributed by atoms with Gasteiger partial charge in [0, 0.05) is 18.7 Å². The number of nitrogens with one attached hydrogen (secondary N) is 1. The lowest BCUT2D eigenvalue weighted by Gasteiger charge is -2.33. The number of hydrogen-bond acceptors (Lipinski definition) is 4. The quantitative estimate of drug-likeness (QED) is 0.853. The van der Waals surface area contributed by atoms with Crippen molar-refractivity contribution < 1.29 is 13.2 Å². The van der Waals surface area contributed by atoms with Crippen molar-refractivity contribution in [2.75, 3.05) is 26.7 Å². The van der Waals surface area contributed by atoms with E-state index in [0.29, 0.717) is 30.1 Å². The van der Waals surface area contributed by atoms with Crippen molar-refractivity contribution in [3.63, 3.8) is 0 Å². The fourth-order valence-corrected chi connectivity index (χ4v) is 3.74. The van der Waals surface area contributed by atoms with Gasteiger partial charge in [-0.3, -0.25) is 4.79 Å². The summed E-state index contributed by atoms with van der Waals surface area (Å²) >= 11 is 0. The molecule has 1 heterocycles. The van der Waals surface area contributed by atoms with Crippen molar-refractivity contribution in [2.45, 2.75) is 24.7 Å². The first-order valence-corrected chi connectivity index (χ1v) is 8.95. The van der Waals surface area contributed by atoms with Gasteiger partial charge in [-0.15, -0.1) is 0 Å². The molecule has 0 spiro atoms. The smallest absolute Gasteiger partial charge is 0.253 e. The first-order chi connectivity index (χ1) is 10.3. The summed E-state index contributed by atoms with van der Waals surface area (Å²) in [6, 6.07) is 4.67. The number of amides is 1. The molecule has 22 heavy (non-hydrogen) atoms. The van der Waals surface area contributed by atoms with Crippen LogP contribution in [0.15, 0.2) is 23.1 Å². The number of hydrogen-bond donors (Lipinski definition) is 2. The Morgan fingerprint density at radius 2 is 2.18 bits per heavy atom. The van der Waals surface area contributed by atoms with Gasteiger partial charge >= 0.3 is 0 Å². The molecule has 0 radical (unpaired) electrons. The zero-order valence-electron chi connectivity index (χ0n) is 13.0. The second-order valence-electron chi connectivity index (χ2n) is 5.84. The van der Waals surface area contributed by atoms with Gasteiger partial charge in [0.05, 0.1) is 4.90 Å². The summed E-state index contributed by atoms with van der Waals surface area (Å²) in [5.41, 5.74) is 0.922. The van der Waals surface area contributed by atoms with Gasteiger partial charge in [0.2, 0.25) is 10.0 Å². The summed E-state index contributed by atoms with van der Waals surface area (Å²) < 4.78 is 23.2. The van der Waals surface area contributed by atoms with Crippen LogP contribution in [-0.2, 0) is 10.0 Å². The van der Waals surface area contributed by atoms with E-state index in [-0.39, 0.29) is 10.8 Å². The Morgan fingerprint density at radius 1 is 1.45 bits per heavy atom. The first-order valence-electron chi connectivity index (χ1n) is 7.40. The number of primary sulfonamides is 1. The highest BCUT2D eigenvalue weighted by molar-refractivity contribution is 7.89. The molecule has 1 aromatic rings. The molecule has 1 aromatic carbocycles. The molecule has 1 aliphatic rings. The molecule has 1 saturated heterocycles. The molecule has 2 rings (SSSR count). The maximum atomic E-state index is 12.6. The molecule has 0 saturated carbocycles. The van der Waals surface area contributed by atoms with Crippen molar-refractivity contribution in [1.29, 1.82) is 0 Å². The monoisotopic (exact) mass is 325 g/mol. The van der Waals surface area contributed by atoms with Crippen molar-refractivity contribution >= 4 is 15.9 Å². The second kappa shape index (κ2) is 6.76. The highest BCUT2D eigenvalue weighted by atomic mass is 32.2. The Hall–Kier alpha value is -1.44. The lowest BCUT2D eigenvalue weighted by Crippen LogP contribution is -2.42. The average molecular weight is 325 g/mol. The Kier molecular flexibility index (Phi) is 5.20. The molecule has 1 fully saturated rings. The maximum absolute atomic E-state index is 12.6. The number of nitrogens with two attached hydrogens (primary N) is 1. The van der Waals surface area contributed by atoms with Crippen LogP contribution in [0.5, 0.6) is 0 Å². The van der Waals surface area contributed by atoms with E-state index in [1.807, 2.05) is 7.05 Å². The molecular formula is C15H23N3O3S. The second-order valence-corrected chi connectivity index (χ2v) is 7.37. The molecule has 3 N–H and O–H groups in total. The number of carbonyl (C=O) groups is 1. The average Bonchev–Trinajstić information content (AvgIpc) is 2.46. The zero-order chi connectivity index (χ0) is 16.3. The Morgan fingerprint density at radius 3 is 2.82 bits per heavy atom. The fraction of sp³-hybridized carbons (Fsp3) is 0.533. The maximum Gasteiger partial charge on any atom is 0.253 e. The summed E-state index contributed by atoms with van der Waals surface area (Å²) in [5.74, 6) is 0.302. The topological polar surface area (TPSA) is 92.5 Å². The van der Waals surface area contributed by atoms with Gasteiger partial charge in [-0.2, -0.15) is 0 Å². The van der Waals surface area contributed by atoms with Crippen molar-refractivity contribution in [2.24, 2.45) is 11.1 Å². The molecule has 6 nitrogen and oxygen atoms in total. The third-order valence-corrected chi connectivity index (χ3v) is 5.09. The number of piperidine rings is 1. The van der Waals surface area contributed by atoms with E-state index >= 15 is 0 Å². The predicted molar refractivity (Wildman–Crippen MR) is 85.1 cm³/mol. The molecule has 1 aliphatic heterocycles. The van der Waals surface area contributed by atoms with Crippen LogP contribution in [0.4, 0.5) is 0 Å². The summed E-state index contributed by atoms with van der Waals surface area (Å²) in [6.45, 7) is 3.94. The van der Waals surface area contributed by atoms with Crippen LogP contribution in [0.1, 0.15) is 28.8 Å². The lowest BCUT2D eigenvalue weighted by molar-refractivity contribution is 0.0674. The van der Waals surface area contributed by atoms with Gasteiger partial charge in [0.25, 0.3) is 5.91 Å². The SMILES string of the molecule is CNC[C@@H]1CCCN(C(=O)c2ccc(C)c(S(N)(=O)=O)c2)C1. The molecule has 0 aliphatic carbocycles. The van der Waals surface area contributed by atoms with Crippen LogP contribution in [0.3, 0.4) is 0 Å². The largest absolute Gasteiger partial charge is 0.338 e. The number of likely N-dealkylation sites (tertiary alicyclic amines) is 1. The minimum atomic E-state index is -3.82. The van der Waals surface area contributed by atoms with E-state index in [0.717, 1.165) is 19.4 Å². The predicted octanol–water partition coefficient (Wildman–Crippen LogP) is 0.714. The zero-order valence-corrected chi connectivity index (χ0v) is 13.8. The van der Waals surface area contributed by atoms with Crippen LogP contribution < -0.4 is 10.5 Å². The number of rotatable bonds is 4. The first kappa shape index (κ1) is 16.9. The number of benzene rings is 1. The van der Waals surface area contributed by atoms with Gasteiger partial charge in [-0.25, -0.2) is 13.6 Å². The number of aryl methyl sites for hydroxylation is 1.